The molecule has 0 spiro atoms. The number of carboxylic acid groups (broad SMARTS) is 1. The van der Waals surface area contributed by atoms with Crippen LogP contribution in [0.25, 0.3) is 0 Å². The van der Waals surface area contributed by atoms with Gasteiger partial charge in [-0.3, -0.25) is 4.79 Å². The zero-order valence-corrected chi connectivity index (χ0v) is 12.1. The molecule has 0 bridgehead atoms. The van der Waals surface area contributed by atoms with Crippen molar-refractivity contribution in [1.82, 2.24) is 0 Å². The van der Waals surface area contributed by atoms with Gasteiger partial charge in [-0.15, -0.1) is 0 Å². The second-order valence-corrected chi connectivity index (χ2v) is 5.74. The van der Waals surface area contributed by atoms with E-state index in [1.54, 1.807) is 0 Å². The maximum atomic E-state index is 13.5. The van der Waals surface area contributed by atoms with Crippen molar-refractivity contribution >= 4 is 22.8 Å². The summed E-state index contributed by atoms with van der Waals surface area (Å²) in [6, 6.07) is 1.36. The van der Waals surface area contributed by atoms with E-state index in [0.717, 1.165) is 18.9 Å². The van der Waals surface area contributed by atoms with Gasteiger partial charge in [-0.2, -0.15) is 0 Å². The number of benzene rings is 1. The summed E-state index contributed by atoms with van der Waals surface area (Å²) in [5, 5.41) is 8.52. The Morgan fingerprint density at radius 1 is 1.30 bits per heavy atom. The molecule has 1 aromatic carbocycles. The maximum absolute atomic E-state index is 13.5. The van der Waals surface area contributed by atoms with Gasteiger partial charge in [0.1, 0.15) is 11.6 Å². The number of halogens is 2. The molecule has 0 aromatic heterocycles. The Balaban J connectivity index is 2.84. The summed E-state index contributed by atoms with van der Waals surface area (Å²) in [7, 11) is 0. The molecule has 0 amide bonds. The lowest BCUT2D eigenvalue weighted by atomic mass is 10.0. The first-order valence-corrected chi connectivity index (χ1v) is 7.09. The Labute approximate surface area is 120 Å². The molecule has 1 unspecified atom stereocenters. The van der Waals surface area contributed by atoms with Gasteiger partial charge in [0.05, 0.1) is 10.5 Å². The average Bonchev–Trinajstić information content (AvgIpc) is 2.32. The van der Waals surface area contributed by atoms with Crippen molar-refractivity contribution in [1.29, 1.82) is 0 Å². The SMILES string of the molecule is CCCC(C)CC(=O)Sc1cc(C(=O)O)c(F)cc1F. The van der Waals surface area contributed by atoms with E-state index < -0.39 is 23.2 Å². The minimum atomic E-state index is -1.49. The molecular formula is C14H16F2O3S. The van der Waals surface area contributed by atoms with Gasteiger partial charge >= 0.3 is 5.97 Å². The number of carbonyl (C=O) groups is 2. The third kappa shape index (κ3) is 4.59. The number of rotatable bonds is 6. The highest BCUT2D eigenvalue weighted by Gasteiger charge is 2.18. The van der Waals surface area contributed by atoms with Crippen molar-refractivity contribution in [3.63, 3.8) is 0 Å². The van der Waals surface area contributed by atoms with Crippen LogP contribution < -0.4 is 0 Å². The van der Waals surface area contributed by atoms with Crippen molar-refractivity contribution < 1.29 is 23.5 Å². The summed E-state index contributed by atoms with van der Waals surface area (Å²) in [6.45, 7) is 3.93. The van der Waals surface area contributed by atoms with E-state index in [1.807, 2.05) is 13.8 Å². The molecule has 1 aromatic rings. The molecule has 0 saturated carbocycles. The number of carbonyl (C=O) groups excluding carboxylic acids is 1. The maximum Gasteiger partial charge on any atom is 0.338 e. The lowest BCUT2D eigenvalue weighted by Gasteiger charge is -2.09. The Morgan fingerprint density at radius 2 is 1.95 bits per heavy atom. The standard InChI is InChI=1S/C14H16F2O3S/c1-3-4-8(2)5-13(17)20-12-6-9(14(18)19)10(15)7-11(12)16/h6-8H,3-5H2,1-2H3,(H,18,19). The molecule has 20 heavy (non-hydrogen) atoms. The van der Waals surface area contributed by atoms with Crippen molar-refractivity contribution in [2.75, 3.05) is 0 Å². The molecule has 1 atom stereocenters. The first-order valence-electron chi connectivity index (χ1n) is 6.28. The second-order valence-electron chi connectivity index (χ2n) is 4.64. The summed E-state index contributed by atoms with van der Waals surface area (Å²) in [4.78, 5) is 22.4. The molecule has 0 aliphatic heterocycles. The monoisotopic (exact) mass is 302 g/mol. The van der Waals surface area contributed by atoms with Gasteiger partial charge in [0, 0.05) is 12.5 Å². The number of thioether (sulfide) groups is 1. The molecule has 3 nitrogen and oxygen atoms in total. The zero-order valence-electron chi connectivity index (χ0n) is 11.3. The van der Waals surface area contributed by atoms with Crippen LogP contribution in [0.5, 0.6) is 0 Å². The highest BCUT2D eigenvalue weighted by molar-refractivity contribution is 8.13. The van der Waals surface area contributed by atoms with Crippen LogP contribution in [0.4, 0.5) is 8.78 Å². The molecular weight excluding hydrogens is 286 g/mol. The fourth-order valence-corrected chi connectivity index (χ4v) is 2.76. The van der Waals surface area contributed by atoms with Crippen molar-refractivity contribution in [3.05, 3.63) is 29.3 Å². The normalized spacial score (nSPS) is 12.2. The first-order chi connectivity index (χ1) is 9.35. The Morgan fingerprint density at radius 3 is 2.50 bits per heavy atom. The number of hydrogen-bond acceptors (Lipinski definition) is 3. The van der Waals surface area contributed by atoms with Gasteiger partial charge in [-0.05, 0) is 23.7 Å². The summed E-state index contributed by atoms with van der Waals surface area (Å²) < 4.78 is 26.7. The lowest BCUT2D eigenvalue weighted by Crippen LogP contribution is -2.05. The summed E-state index contributed by atoms with van der Waals surface area (Å²) in [6.07, 6.45) is 2.11. The third-order valence-electron chi connectivity index (χ3n) is 2.77. The highest BCUT2D eigenvalue weighted by atomic mass is 32.2. The third-order valence-corrected chi connectivity index (χ3v) is 3.70. The van der Waals surface area contributed by atoms with Gasteiger partial charge in [0.25, 0.3) is 0 Å². The highest BCUT2D eigenvalue weighted by Crippen LogP contribution is 2.28. The molecule has 1 N–H and O–H groups in total. The Bertz CT molecular complexity index is 517. The van der Waals surface area contributed by atoms with Crippen molar-refractivity contribution in [2.45, 2.75) is 38.0 Å². The first kappa shape index (κ1) is 16.6. The summed E-state index contributed by atoms with van der Waals surface area (Å²) in [5.74, 6) is -3.38. The van der Waals surface area contributed by atoms with Gasteiger partial charge < -0.3 is 5.11 Å². The van der Waals surface area contributed by atoms with Crippen molar-refractivity contribution in [3.8, 4) is 0 Å². The number of aromatic carboxylic acids is 1. The lowest BCUT2D eigenvalue weighted by molar-refractivity contribution is -0.111. The quantitative estimate of drug-likeness (QED) is 0.804. The van der Waals surface area contributed by atoms with Crippen molar-refractivity contribution in [2.24, 2.45) is 5.92 Å². The predicted octanol–water partition coefficient (Wildman–Crippen LogP) is 4.11. The van der Waals surface area contributed by atoms with Crippen LogP contribution in [-0.2, 0) is 4.79 Å². The van der Waals surface area contributed by atoms with Crippen LogP contribution in [-0.4, -0.2) is 16.2 Å². The van der Waals surface area contributed by atoms with Crippen LogP contribution in [0.3, 0.4) is 0 Å². The molecule has 110 valence electrons. The van der Waals surface area contributed by atoms with Crippen LogP contribution in [0.1, 0.15) is 43.5 Å². The fourth-order valence-electron chi connectivity index (χ4n) is 1.81. The smallest absolute Gasteiger partial charge is 0.338 e. The average molecular weight is 302 g/mol. The van der Waals surface area contributed by atoms with E-state index in [2.05, 4.69) is 0 Å². The van der Waals surface area contributed by atoms with Crippen LogP contribution in [0.2, 0.25) is 0 Å². The number of hydrogen-bond donors (Lipinski definition) is 1. The van der Waals surface area contributed by atoms with Gasteiger partial charge in [0.15, 0.2) is 5.12 Å². The molecule has 1 rings (SSSR count). The van der Waals surface area contributed by atoms with E-state index >= 15 is 0 Å². The largest absolute Gasteiger partial charge is 0.478 e. The van der Waals surface area contributed by atoms with Gasteiger partial charge in [0.2, 0.25) is 0 Å². The van der Waals surface area contributed by atoms with E-state index in [9.17, 15) is 18.4 Å². The molecule has 0 heterocycles. The zero-order chi connectivity index (χ0) is 15.3. The molecule has 0 aliphatic rings. The minimum absolute atomic E-state index is 0.155. The molecule has 0 aliphatic carbocycles. The topological polar surface area (TPSA) is 54.4 Å². The molecule has 0 radical (unpaired) electrons. The fraction of sp³-hybridized carbons (Fsp3) is 0.429. The summed E-state index contributed by atoms with van der Waals surface area (Å²) in [5.41, 5.74) is -0.636. The van der Waals surface area contributed by atoms with E-state index in [0.29, 0.717) is 17.8 Å². The summed E-state index contributed by atoms with van der Waals surface area (Å²) >= 11 is 0.621. The van der Waals surface area contributed by atoms with Crippen LogP contribution in [0.15, 0.2) is 17.0 Å². The van der Waals surface area contributed by atoms with Gasteiger partial charge in [-0.1, -0.05) is 26.7 Å². The van der Waals surface area contributed by atoms with Crippen LogP contribution >= 0.6 is 11.8 Å². The van der Waals surface area contributed by atoms with Gasteiger partial charge in [-0.25, -0.2) is 13.6 Å². The molecule has 6 heteroatoms. The number of carboxylic acids is 1. The Kier molecular flexibility index (Phi) is 6.13. The Hall–Kier alpha value is -1.43. The van der Waals surface area contributed by atoms with E-state index in [4.69, 9.17) is 5.11 Å². The molecule has 0 saturated heterocycles. The second kappa shape index (κ2) is 7.38. The van der Waals surface area contributed by atoms with Crippen LogP contribution in [0, 0.1) is 17.6 Å². The minimum Gasteiger partial charge on any atom is -0.478 e. The predicted molar refractivity (Wildman–Crippen MR) is 72.9 cm³/mol. The molecule has 0 fully saturated rings. The van der Waals surface area contributed by atoms with E-state index in [1.165, 1.54) is 0 Å². The van der Waals surface area contributed by atoms with E-state index in [-0.39, 0.29) is 22.3 Å².